The van der Waals surface area contributed by atoms with Crippen LogP contribution < -0.4 is 0 Å². The molecule has 2 heterocycles. The van der Waals surface area contributed by atoms with Crippen molar-refractivity contribution in [2.75, 3.05) is 0 Å². The van der Waals surface area contributed by atoms with Crippen molar-refractivity contribution in [1.82, 2.24) is 14.8 Å². The molecule has 6 nitrogen and oxygen atoms in total. The van der Waals surface area contributed by atoms with Crippen molar-refractivity contribution in [3.05, 3.63) is 17.4 Å². The van der Waals surface area contributed by atoms with E-state index >= 15 is 0 Å². The number of hydrogen-bond donors (Lipinski definition) is 1. The lowest BCUT2D eigenvalue weighted by atomic mass is 10.1. The molecule has 0 aromatic carbocycles. The number of amides is 1. The summed E-state index contributed by atoms with van der Waals surface area (Å²) in [4.78, 5) is 12.2. The molecule has 1 amide bonds. The van der Waals surface area contributed by atoms with Crippen LogP contribution in [0.25, 0.3) is 0 Å². The Hall–Kier alpha value is -1.61. The van der Waals surface area contributed by atoms with E-state index in [0.29, 0.717) is 0 Å². The third-order valence-electron chi connectivity index (χ3n) is 3.11. The van der Waals surface area contributed by atoms with Crippen LogP contribution in [-0.2, 0) is 4.79 Å². The standard InChI is InChI=1S/C11H12ClF3N4O2/c1-6-3-10(21,11(13,14)15)19(17-6)9(20)7(2)18-5-8(12)4-16-18/h4-5,7,21H,3H2,1-2H3/t7-,10+/m1/s1. The smallest absolute Gasteiger partial charge is 0.362 e. The zero-order valence-electron chi connectivity index (χ0n) is 11.1. The van der Waals surface area contributed by atoms with E-state index in [0.717, 1.165) is 4.68 Å². The SMILES string of the molecule is CC1=NN(C(=O)[C@@H](C)n2cc(Cl)cn2)[C@@](O)(C(F)(F)F)C1. The summed E-state index contributed by atoms with van der Waals surface area (Å²) < 4.78 is 40.2. The van der Waals surface area contributed by atoms with Crippen molar-refractivity contribution in [2.24, 2.45) is 5.10 Å². The van der Waals surface area contributed by atoms with Gasteiger partial charge in [0.1, 0.15) is 6.04 Å². The van der Waals surface area contributed by atoms with E-state index in [-0.39, 0.29) is 15.7 Å². The molecule has 0 saturated heterocycles. The van der Waals surface area contributed by atoms with E-state index in [1.165, 1.54) is 26.2 Å². The summed E-state index contributed by atoms with van der Waals surface area (Å²) >= 11 is 5.66. The zero-order valence-corrected chi connectivity index (χ0v) is 11.9. The second-order valence-electron chi connectivity index (χ2n) is 4.79. The molecule has 116 valence electrons. The molecular weight excluding hydrogens is 313 g/mol. The van der Waals surface area contributed by atoms with Crippen LogP contribution in [0.3, 0.4) is 0 Å². The van der Waals surface area contributed by atoms with Crippen LogP contribution in [0, 0.1) is 0 Å². The molecule has 10 heteroatoms. The third-order valence-corrected chi connectivity index (χ3v) is 3.31. The molecule has 0 radical (unpaired) electrons. The Kier molecular flexibility index (Phi) is 3.75. The first-order chi connectivity index (χ1) is 9.56. The molecule has 1 N–H and O–H groups in total. The van der Waals surface area contributed by atoms with Crippen LogP contribution in [-0.4, -0.2) is 43.4 Å². The largest absolute Gasteiger partial charge is 0.438 e. The van der Waals surface area contributed by atoms with Crippen LogP contribution in [0.5, 0.6) is 0 Å². The van der Waals surface area contributed by atoms with Crippen LogP contribution >= 0.6 is 11.6 Å². The van der Waals surface area contributed by atoms with Gasteiger partial charge in [0, 0.05) is 18.3 Å². The lowest BCUT2D eigenvalue weighted by molar-refractivity contribution is -0.303. The Morgan fingerprint density at radius 2 is 2.19 bits per heavy atom. The molecule has 2 rings (SSSR count). The maximum absolute atomic E-state index is 13.0. The second-order valence-corrected chi connectivity index (χ2v) is 5.23. The van der Waals surface area contributed by atoms with Gasteiger partial charge in [-0.1, -0.05) is 11.6 Å². The molecule has 1 aromatic heterocycles. The number of halogens is 4. The van der Waals surface area contributed by atoms with Gasteiger partial charge in [0.05, 0.1) is 11.2 Å². The first kappa shape index (κ1) is 15.8. The summed E-state index contributed by atoms with van der Waals surface area (Å²) in [5, 5.41) is 17.4. The van der Waals surface area contributed by atoms with Gasteiger partial charge in [0.2, 0.25) is 0 Å². The predicted molar refractivity (Wildman–Crippen MR) is 67.5 cm³/mol. The lowest BCUT2D eigenvalue weighted by Gasteiger charge is -2.33. The Labute approximate surface area is 122 Å². The fourth-order valence-electron chi connectivity index (χ4n) is 1.99. The van der Waals surface area contributed by atoms with Gasteiger partial charge < -0.3 is 5.11 Å². The number of alkyl halides is 3. The van der Waals surface area contributed by atoms with Crippen LogP contribution in [0.4, 0.5) is 13.2 Å². The predicted octanol–water partition coefficient (Wildman–Crippen LogP) is 1.96. The minimum absolute atomic E-state index is 0.00822. The Morgan fingerprint density at radius 3 is 2.67 bits per heavy atom. The van der Waals surface area contributed by atoms with Gasteiger partial charge in [0.15, 0.2) is 0 Å². The number of carbonyl (C=O) groups excluding carboxylic acids is 1. The zero-order chi connectivity index (χ0) is 16.0. The topological polar surface area (TPSA) is 70.7 Å². The number of carbonyl (C=O) groups is 1. The second kappa shape index (κ2) is 4.99. The normalized spacial score (nSPS) is 24.1. The average molecular weight is 325 g/mol. The number of hydrazone groups is 1. The van der Waals surface area contributed by atoms with E-state index in [1.807, 2.05) is 0 Å². The Balaban J connectivity index is 2.32. The highest BCUT2D eigenvalue weighted by Crippen LogP contribution is 2.41. The van der Waals surface area contributed by atoms with Crippen molar-refractivity contribution in [1.29, 1.82) is 0 Å². The fraction of sp³-hybridized carbons (Fsp3) is 0.545. The van der Waals surface area contributed by atoms with Gasteiger partial charge in [-0.15, -0.1) is 0 Å². The molecule has 0 aliphatic carbocycles. The monoisotopic (exact) mass is 324 g/mol. The average Bonchev–Trinajstić information content (AvgIpc) is 2.91. The maximum Gasteiger partial charge on any atom is 0.438 e. The van der Waals surface area contributed by atoms with Crippen molar-refractivity contribution in [3.8, 4) is 0 Å². The van der Waals surface area contributed by atoms with Gasteiger partial charge in [-0.25, -0.2) is 0 Å². The summed E-state index contributed by atoms with van der Waals surface area (Å²) in [7, 11) is 0. The molecule has 1 aromatic rings. The summed E-state index contributed by atoms with van der Waals surface area (Å²) in [5.41, 5.74) is -3.33. The van der Waals surface area contributed by atoms with E-state index in [1.54, 1.807) is 0 Å². The van der Waals surface area contributed by atoms with Crippen molar-refractivity contribution in [2.45, 2.75) is 38.2 Å². The third kappa shape index (κ3) is 2.62. The summed E-state index contributed by atoms with van der Waals surface area (Å²) in [6, 6.07) is -1.10. The number of rotatable bonds is 2. The minimum Gasteiger partial charge on any atom is -0.362 e. The van der Waals surface area contributed by atoms with Crippen molar-refractivity contribution < 1.29 is 23.1 Å². The number of hydrogen-bond acceptors (Lipinski definition) is 4. The van der Waals surface area contributed by atoms with Crippen LogP contribution in [0.1, 0.15) is 26.3 Å². The fourth-order valence-corrected chi connectivity index (χ4v) is 2.13. The summed E-state index contributed by atoms with van der Waals surface area (Å²) in [5.74, 6) is -1.04. The Morgan fingerprint density at radius 1 is 1.57 bits per heavy atom. The van der Waals surface area contributed by atoms with Gasteiger partial charge in [-0.05, 0) is 13.8 Å². The highest BCUT2D eigenvalue weighted by molar-refractivity contribution is 6.30. The highest BCUT2D eigenvalue weighted by Gasteiger charge is 2.63. The molecule has 1 aliphatic heterocycles. The van der Waals surface area contributed by atoms with Gasteiger partial charge in [-0.3, -0.25) is 9.48 Å². The molecule has 0 fully saturated rings. The molecule has 0 unspecified atom stereocenters. The molecule has 0 saturated carbocycles. The van der Waals surface area contributed by atoms with E-state index < -0.39 is 30.3 Å². The van der Waals surface area contributed by atoms with Gasteiger partial charge in [0.25, 0.3) is 11.6 Å². The number of nitrogens with zero attached hydrogens (tertiary/aromatic N) is 4. The van der Waals surface area contributed by atoms with Gasteiger partial charge >= 0.3 is 6.18 Å². The van der Waals surface area contributed by atoms with Crippen LogP contribution in [0.15, 0.2) is 17.5 Å². The summed E-state index contributed by atoms with van der Waals surface area (Å²) in [6.45, 7) is 2.64. The first-order valence-electron chi connectivity index (χ1n) is 5.93. The number of aliphatic hydroxyl groups is 1. The molecule has 21 heavy (non-hydrogen) atoms. The first-order valence-corrected chi connectivity index (χ1v) is 6.31. The molecule has 0 bridgehead atoms. The van der Waals surface area contributed by atoms with E-state index in [4.69, 9.17) is 11.6 Å². The molecule has 2 atom stereocenters. The highest BCUT2D eigenvalue weighted by atomic mass is 35.5. The number of aromatic nitrogens is 2. The molecule has 1 aliphatic rings. The van der Waals surface area contributed by atoms with E-state index in [2.05, 4.69) is 10.2 Å². The molecule has 0 spiro atoms. The quantitative estimate of drug-likeness (QED) is 0.904. The summed E-state index contributed by atoms with van der Waals surface area (Å²) in [6.07, 6.45) is -3.26. The minimum atomic E-state index is -5.02. The van der Waals surface area contributed by atoms with Crippen molar-refractivity contribution in [3.63, 3.8) is 0 Å². The van der Waals surface area contributed by atoms with Crippen molar-refractivity contribution >= 4 is 23.2 Å². The maximum atomic E-state index is 13.0. The van der Waals surface area contributed by atoms with E-state index in [9.17, 15) is 23.1 Å². The van der Waals surface area contributed by atoms with Crippen LogP contribution in [0.2, 0.25) is 5.02 Å². The lowest BCUT2D eigenvalue weighted by Crippen LogP contribution is -2.57. The van der Waals surface area contributed by atoms with Gasteiger partial charge in [-0.2, -0.15) is 28.4 Å². The molecular formula is C11H12ClF3N4O2. The Bertz CT molecular complexity index is 601.